The zero-order chi connectivity index (χ0) is 24.7. The van der Waals surface area contributed by atoms with E-state index in [-0.39, 0.29) is 42.1 Å². The summed E-state index contributed by atoms with van der Waals surface area (Å²) in [6.45, 7) is 0.230. The largest absolute Gasteiger partial charge is 0.480 e. The van der Waals surface area contributed by atoms with Gasteiger partial charge in [-0.15, -0.1) is 0 Å². The van der Waals surface area contributed by atoms with Crippen molar-refractivity contribution in [3.63, 3.8) is 0 Å². The number of nitrogen functional groups attached to an aromatic ring is 1. The fourth-order valence-electron chi connectivity index (χ4n) is 2.86. The van der Waals surface area contributed by atoms with Crippen molar-refractivity contribution < 1.29 is 19.5 Å². The molecule has 3 aromatic rings. The molecular formula is C20H18N8O5S. The zero-order valence-electron chi connectivity index (χ0n) is 17.4. The number of aliphatic carboxylic acids is 1. The molecule has 0 aliphatic rings. The van der Waals surface area contributed by atoms with Crippen LogP contribution in [0, 0.1) is 10.7 Å². The Morgan fingerprint density at radius 2 is 1.97 bits per heavy atom. The monoisotopic (exact) mass is 482 g/mol. The standard InChI is InChI=1S/C20H18N8O5S/c21-9-34-14(29)6-5-13(19(32)33)26-17(30)10-1-3-11(4-2-10)23-7-12-8-24-16-15(25-12)18(31)28-20(22)27-16/h1-4,8,13,23H,5-7H2,(H,26,30)(H,32,33)(H3,22,24,27,28,31)/t13-/m0/s1. The number of hydrogen-bond donors (Lipinski definition) is 5. The Balaban J connectivity index is 1.60. The second kappa shape index (κ2) is 10.9. The zero-order valence-corrected chi connectivity index (χ0v) is 18.3. The van der Waals surface area contributed by atoms with Crippen LogP contribution in [-0.2, 0) is 16.1 Å². The third-order valence-electron chi connectivity index (χ3n) is 4.51. The number of anilines is 2. The van der Waals surface area contributed by atoms with E-state index < -0.39 is 28.6 Å². The number of benzene rings is 1. The number of nitriles is 1. The molecule has 0 saturated heterocycles. The fraction of sp³-hybridized carbons (Fsp3) is 0.200. The van der Waals surface area contributed by atoms with Crippen LogP contribution in [0.1, 0.15) is 28.9 Å². The average Bonchev–Trinajstić information content (AvgIpc) is 2.80. The normalized spacial score (nSPS) is 11.4. The molecule has 0 fully saturated rings. The van der Waals surface area contributed by atoms with Gasteiger partial charge in [-0.05, 0) is 30.7 Å². The molecule has 0 spiro atoms. The second-order valence-electron chi connectivity index (χ2n) is 6.88. The molecule has 1 amide bonds. The number of amides is 1. The quantitative estimate of drug-likeness (QED) is 0.265. The van der Waals surface area contributed by atoms with Gasteiger partial charge in [-0.1, -0.05) is 0 Å². The highest BCUT2D eigenvalue weighted by molar-refractivity contribution is 8.17. The summed E-state index contributed by atoms with van der Waals surface area (Å²) < 4.78 is 0. The van der Waals surface area contributed by atoms with Crippen LogP contribution in [0.4, 0.5) is 11.6 Å². The molecule has 1 aromatic carbocycles. The lowest BCUT2D eigenvalue weighted by Crippen LogP contribution is -2.41. The third-order valence-corrected chi connectivity index (χ3v) is 5.04. The van der Waals surface area contributed by atoms with Crippen LogP contribution in [0.5, 0.6) is 0 Å². The molecule has 0 aliphatic heterocycles. The van der Waals surface area contributed by atoms with Gasteiger partial charge in [-0.2, -0.15) is 10.2 Å². The van der Waals surface area contributed by atoms with Gasteiger partial charge in [-0.3, -0.25) is 14.4 Å². The van der Waals surface area contributed by atoms with Crippen molar-refractivity contribution in [2.24, 2.45) is 0 Å². The first-order valence-electron chi connectivity index (χ1n) is 9.74. The summed E-state index contributed by atoms with van der Waals surface area (Å²) >= 11 is 0.427. The summed E-state index contributed by atoms with van der Waals surface area (Å²) in [7, 11) is 0. The van der Waals surface area contributed by atoms with Gasteiger partial charge in [0.05, 0.1) is 18.4 Å². The number of hydrogen-bond acceptors (Lipinski definition) is 11. The first-order valence-corrected chi connectivity index (χ1v) is 10.6. The van der Waals surface area contributed by atoms with Crippen LogP contribution in [0.2, 0.25) is 0 Å². The fourth-order valence-corrected chi connectivity index (χ4v) is 3.18. The molecule has 0 radical (unpaired) electrons. The number of nitrogens with zero attached hydrogens (tertiary/aromatic N) is 4. The maximum Gasteiger partial charge on any atom is 0.326 e. The minimum atomic E-state index is -1.28. The van der Waals surface area contributed by atoms with Gasteiger partial charge in [0.15, 0.2) is 11.2 Å². The number of nitrogens with one attached hydrogen (secondary N) is 3. The number of nitrogens with two attached hydrogens (primary N) is 1. The lowest BCUT2D eigenvalue weighted by molar-refractivity contribution is -0.139. The predicted octanol–water partition coefficient (Wildman–Crippen LogP) is 0.611. The van der Waals surface area contributed by atoms with E-state index >= 15 is 0 Å². The molecular weight excluding hydrogens is 464 g/mol. The summed E-state index contributed by atoms with van der Waals surface area (Å²) in [5, 5.41) is 24.3. The number of carbonyl (C=O) groups is 3. The van der Waals surface area contributed by atoms with E-state index in [1.807, 2.05) is 0 Å². The van der Waals surface area contributed by atoms with Gasteiger partial charge < -0.3 is 26.5 Å². The van der Waals surface area contributed by atoms with Gasteiger partial charge in [0.2, 0.25) is 11.1 Å². The van der Waals surface area contributed by atoms with Crippen molar-refractivity contribution in [3.8, 4) is 5.40 Å². The first-order chi connectivity index (χ1) is 16.3. The average molecular weight is 482 g/mol. The van der Waals surface area contributed by atoms with Crippen molar-refractivity contribution in [3.05, 3.63) is 52.1 Å². The summed E-state index contributed by atoms with van der Waals surface area (Å²) in [4.78, 5) is 61.7. The topological polar surface area (TPSA) is 217 Å². The minimum absolute atomic E-state index is 0.0528. The number of thioether (sulfide) groups is 1. The number of H-pyrrole nitrogens is 1. The van der Waals surface area contributed by atoms with Gasteiger partial charge in [0.25, 0.3) is 5.91 Å². The lowest BCUT2D eigenvalue weighted by atomic mass is 10.1. The Labute approximate surface area is 195 Å². The second-order valence-corrected chi connectivity index (χ2v) is 7.73. The van der Waals surface area contributed by atoms with Crippen LogP contribution >= 0.6 is 11.8 Å². The van der Waals surface area contributed by atoms with Crippen LogP contribution in [0.3, 0.4) is 0 Å². The molecule has 34 heavy (non-hydrogen) atoms. The number of aromatic amines is 1. The van der Waals surface area contributed by atoms with E-state index in [1.165, 1.54) is 18.3 Å². The number of fused-ring (bicyclic) bond motifs is 1. The van der Waals surface area contributed by atoms with E-state index in [0.29, 0.717) is 23.1 Å². The smallest absolute Gasteiger partial charge is 0.326 e. The molecule has 0 saturated carbocycles. The molecule has 0 unspecified atom stereocenters. The number of carboxylic acids is 1. The Kier molecular flexibility index (Phi) is 7.72. The van der Waals surface area contributed by atoms with Crippen LogP contribution in [0.15, 0.2) is 35.3 Å². The maximum absolute atomic E-state index is 12.4. The molecule has 2 heterocycles. The van der Waals surface area contributed by atoms with E-state index in [0.717, 1.165) is 0 Å². The van der Waals surface area contributed by atoms with Crippen molar-refractivity contribution in [1.82, 2.24) is 25.3 Å². The van der Waals surface area contributed by atoms with Gasteiger partial charge in [-0.25, -0.2) is 14.8 Å². The summed E-state index contributed by atoms with van der Waals surface area (Å²) in [6.07, 6.45) is 1.18. The molecule has 6 N–H and O–H groups in total. The van der Waals surface area contributed by atoms with Crippen molar-refractivity contribution in [2.75, 3.05) is 11.1 Å². The molecule has 0 bridgehead atoms. The van der Waals surface area contributed by atoms with Crippen molar-refractivity contribution in [1.29, 1.82) is 5.26 Å². The number of carboxylic acid groups (broad SMARTS) is 1. The summed E-state index contributed by atoms with van der Waals surface area (Å²) in [5.41, 5.74) is 6.50. The van der Waals surface area contributed by atoms with E-state index in [9.17, 15) is 24.3 Å². The van der Waals surface area contributed by atoms with E-state index in [2.05, 4.69) is 30.6 Å². The number of rotatable bonds is 9. The van der Waals surface area contributed by atoms with Crippen LogP contribution in [0.25, 0.3) is 11.2 Å². The molecule has 3 rings (SSSR count). The predicted molar refractivity (Wildman–Crippen MR) is 122 cm³/mol. The molecule has 2 aromatic heterocycles. The molecule has 14 heteroatoms. The molecule has 1 atom stereocenters. The Morgan fingerprint density at radius 1 is 1.24 bits per heavy atom. The Bertz CT molecular complexity index is 1340. The number of aromatic nitrogens is 4. The highest BCUT2D eigenvalue weighted by Gasteiger charge is 2.22. The lowest BCUT2D eigenvalue weighted by Gasteiger charge is -2.14. The van der Waals surface area contributed by atoms with Crippen LogP contribution < -0.4 is 21.9 Å². The highest BCUT2D eigenvalue weighted by atomic mass is 32.2. The number of thiocyanates is 1. The summed E-state index contributed by atoms with van der Waals surface area (Å²) in [5.74, 6) is -1.96. The minimum Gasteiger partial charge on any atom is -0.480 e. The van der Waals surface area contributed by atoms with Crippen molar-refractivity contribution in [2.45, 2.75) is 25.4 Å². The van der Waals surface area contributed by atoms with Gasteiger partial charge in [0.1, 0.15) is 11.4 Å². The molecule has 174 valence electrons. The van der Waals surface area contributed by atoms with E-state index in [1.54, 1.807) is 17.5 Å². The molecule has 0 aliphatic carbocycles. The highest BCUT2D eigenvalue weighted by Crippen LogP contribution is 2.13. The van der Waals surface area contributed by atoms with Crippen LogP contribution in [-0.4, -0.2) is 48.1 Å². The number of carbonyl (C=O) groups excluding carboxylic acids is 2. The SMILES string of the molecule is N#CSC(=O)CC[C@H](NC(=O)c1ccc(NCc2cnc3[nH]c(N)nc(=O)c3n2)cc1)C(=O)O. The van der Waals surface area contributed by atoms with Gasteiger partial charge in [0, 0.05) is 29.4 Å². The maximum atomic E-state index is 12.4. The first kappa shape index (κ1) is 24.1. The van der Waals surface area contributed by atoms with Crippen molar-refractivity contribution >= 4 is 51.6 Å². The Morgan fingerprint density at radius 3 is 2.65 bits per heavy atom. The Hall–Kier alpha value is -4.51. The van der Waals surface area contributed by atoms with E-state index in [4.69, 9.17) is 11.0 Å². The molecule has 13 nitrogen and oxygen atoms in total. The summed E-state index contributed by atoms with van der Waals surface area (Å²) in [6, 6.07) is 4.95. The third kappa shape index (κ3) is 6.26. The van der Waals surface area contributed by atoms with Gasteiger partial charge >= 0.3 is 11.5 Å².